The Hall–Kier alpha value is -0.610. The predicted octanol–water partition coefficient (Wildman–Crippen LogP) is 3.11. The van der Waals surface area contributed by atoms with Crippen LogP contribution in [0.3, 0.4) is 0 Å². The van der Waals surface area contributed by atoms with Crippen LogP contribution in [-0.4, -0.2) is 49.7 Å². The first-order valence-corrected chi connectivity index (χ1v) is 9.47. The molecule has 1 aliphatic carbocycles. The van der Waals surface area contributed by atoms with Gasteiger partial charge in [0.25, 0.3) is 0 Å². The molecule has 1 heterocycles. The Balaban J connectivity index is 1.70. The molecule has 0 aromatic rings. The second kappa shape index (κ2) is 11.0. The van der Waals surface area contributed by atoms with Gasteiger partial charge in [0, 0.05) is 26.2 Å². The number of hydrogen-bond acceptors (Lipinski definition) is 4. The normalized spacial score (nSPS) is 24.2. The topological polar surface area (TPSA) is 41.6 Å². The summed E-state index contributed by atoms with van der Waals surface area (Å²) in [6.45, 7) is 4.35. The van der Waals surface area contributed by atoms with E-state index in [1.165, 1.54) is 57.8 Å². The Morgan fingerprint density at radius 3 is 1.91 bits per heavy atom. The maximum absolute atomic E-state index is 12.2. The number of carbonyl (C=O) groups excluding carboxylic acids is 1. The summed E-state index contributed by atoms with van der Waals surface area (Å²) in [6.07, 6.45) is 14.2. The third kappa shape index (κ3) is 7.59. The lowest BCUT2D eigenvalue weighted by molar-refractivity contribution is -0.151. The van der Waals surface area contributed by atoms with Crippen LogP contribution in [0.25, 0.3) is 0 Å². The first kappa shape index (κ1) is 17.7. The van der Waals surface area contributed by atoms with Crippen molar-refractivity contribution in [2.75, 3.05) is 32.7 Å². The van der Waals surface area contributed by atoms with Crippen molar-refractivity contribution >= 4 is 5.97 Å². The van der Waals surface area contributed by atoms with E-state index >= 15 is 0 Å². The Kier molecular flexibility index (Phi) is 8.88. The van der Waals surface area contributed by atoms with Crippen molar-refractivity contribution in [3.8, 4) is 0 Å². The van der Waals surface area contributed by atoms with Crippen LogP contribution in [0.5, 0.6) is 0 Å². The van der Waals surface area contributed by atoms with E-state index in [2.05, 4.69) is 10.2 Å². The second-order valence-corrected chi connectivity index (χ2v) is 6.90. The second-order valence-electron chi connectivity index (χ2n) is 6.90. The van der Waals surface area contributed by atoms with Crippen molar-refractivity contribution in [2.45, 2.75) is 76.7 Å². The molecule has 0 aromatic heterocycles. The van der Waals surface area contributed by atoms with Crippen LogP contribution in [0.4, 0.5) is 0 Å². The van der Waals surface area contributed by atoms with Crippen LogP contribution in [0.1, 0.15) is 70.6 Å². The molecule has 0 unspecified atom stereocenters. The third-order valence-corrected chi connectivity index (χ3v) is 4.91. The van der Waals surface area contributed by atoms with Gasteiger partial charge in [-0.15, -0.1) is 0 Å². The fourth-order valence-electron chi connectivity index (χ4n) is 3.52. The van der Waals surface area contributed by atoms with Gasteiger partial charge >= 0.3 is 5.97 Å². The van der Waals surface area contributed by atoms with Crippen LogP contribution in [0, 0.1) is 0 Å². The van der Waals surface area contributed by atoms with E-state index in [-0.39, 0.29) is 12.1 Å². The molecule has 2 rings (SSSR count). The molecule has 2 fully saturated rings. The molecule has 128 valence electrons. The molecule has 2 aliphatic rings. The summed E-state index contributed by atoms with van der Waals surface area (Å²) >= 11 is 0. The molecule has 0 aromatic carbocycles. The zero-order valence-electron chi connectivity index (χ0n) is 14.2. The number of ether oxygens (including phenoxy) is 1. The number of hydrogen-bond donors (Lipinski definition) is 1. The SMILES string of the molecule is O=C(CN1CCNCC1)OC1CCCCCCCCCCC1. The molecule has 0 spiro atoms. The van der Waals surface area contributed by atoms with E-state index in [0.29, 0.717) is 6.54 Å². The summed E-state index contributed by atoms with van der Waals surface area (Å²) in [5.74, 6) is -0.0148. The van der Waals surface area contributed by atoms with Crippen molar-refractivity contribution in [1.29, 1.82) is 0 Å². The largest absolute Gasteiger partial charge is 0.461 e. The molecule has 0 bridgehead atoms. The number of piperazine rings is 1. The van der Waals surface area contributed by atoms with Crippen LogP contribution < -0.4 is 5.32 Å². The van der Waals surface area contributed by atoms with Gasteiger partial charge in [0.2, 0.25) is 0 Å². The first-order valence-electron chi connectivity index (χ1n) is 9.47. The summed E-state index contributed by atoms with van der Waals surface area (Å²) < 4.78 is 5.80. The number of carbonyl (C=O) groups is 1. The molecular weight excluding hydrogens is 276 g/mol. The van der Waals surface area contributed by atoms with Gasteiger partial charge in [-0.25, -0.2) is 0 Å². The standard InChI is InChI=1S/C18H34N2O2/c21-18(16-20-14-12-19-13-15-20)22-17-10-8-6-4-2-1-3-5-7-9-11-17/h17,19H,1-16H2. The first-order chi connectivity index (χ1) is 10.8. The van der Waals surface area contributed by atoms with Gasteiger partial charge in [0.05, 0.1) is 6.54 Å². The Morgan fingerprint density at radius 1 is 0.864 bits per heavy atom. The molecule has 22 heavy (non-hydrogen) atoms. The average Bonchev–Trinajstić information content (AvgIpc) is 2.51. The molecule has 0 amide bonds. The Morgan fingerprint density at radius 2 is 1.36 bits per heavy atom. The zero-order chi connectivity index (χ0) is 15.5. The molecule has 0 atom stereocenters. The van der Waals surface area contributed by atoms with Gasteiger partial charge < -0.3 is 10.1 Å². The molecule has 1 aliphatic heterocycles. The fourth-order valence-corrected chi connectivity index (χ4v) is 3.52. The third-order valence-electron chi connectivity index (χ3n) is 4.91. The monoisotopic (exact) mass is 310 g/mol. The lowest BCUT2D eigenvalue weighted by Crippen LogP contribution is -2.46. The predicted molar refractivity (Wildman–Crippen MR) is 90.0 cm³/mol. The highest BCUT2D eigenvalue weighted by Crippen LogP contribution is 2.19. The van der Waals surface area contributed by atoms with Crippen LogP contribution >= 0.6 is 0 Å². The Labute approximate surface area is 136 Å². The maximum Gasteiger partial charge on any atom is 0.320 e. The molecule has 4 nitrogen and oxygen atoms in total. The van der Waals surface area contributed by atoms with E-state index in [9.17, 15) is 4.79 Å². The maximum atomic E-state index is 12.2. The summed E-state index contributed by atoms with van der Waals surface area (Å²) in [5, 5.41) is 3.31. The highest BCUT2D eigenvalue weighted by molar-refractivity contribution is 5.71. The van der Waals surface area contributed by atoms with Crippen molar-refractivity contribution in [3.05, 3.63) is 0 Å². The summed E-state index contributed by atoms with van der Waals surface area (Å²) in [4.78, 5) is 14.4. The van der Waals surface area contributed by atoms with Crippen molar-refractivity contribution < 1.29 is 9.53 Å². The number of nitrogens with zero attached hydrogens (tertiary/aromatic N) is 1. The van der Waals surface area contributed by atoms with Gasteiger partial charge in [0.1, 0.15) is 6.10 Å². The molecular formula is C18H34N2O2. The van der Waals surface area contributed by atoms with Crippen molar-refractivity contribution in [1.82, 2.24) is 10.2 Å². The highest BCUT2D eigenvalue weighted by atomic mass is 16.5. The lowest BCUT2D eigenvalue weighted by Gasteiger charge is -2.27. The molecule has 1 saturated heterocycles. The minimum atomic E-state index is -0.0148. The zero-order valence-corrected chi connectivity index (χ0v) is 14.2. The van der Waals surface area contributed by atoms with Crippen LogP contribution in [-0.2, 0) is 9.53 Å². The van der Waals surface area contributed by atoms with Gasteiger partial charge in [-0.05, 0) is 25.7 Å². The van der Waals surface area contributed by atoms with E-state index in [1.807, 2.05) is 0 Å². The van der Waals surface area contributed by atoms with Crippen molar-refractivity contribution in [3.63, 3.8) is 0 Å². The smallest absolute Gasteiger partial charge is 0.320 e. The molecule has 1 N–H and O–H groups in total. The lowest BCUT2D eigenvalue weighted by atomic mass is 9.99. The summed E-state index contributed by atoms with van der Waals surface area (Å²) in [6, 6.07) is 0. The quantitative estimate of drug-likeness (QED) is 0.813. The van der Waals surface area contributed by atoms with Gasteiger partial charge in [-0.3, -0.25) is 9.69 Å². The number of nitrogens with one attached hydrogen (secondary N) is 1. The minimum absolute atomic E-state index is 0.0148. The van der Waals surface area contributed by atoms with Crippen molar-refractivity contribution in [2.24, 2.45) is 0 Å². The van der Waals surface area contributed by atoms with Crippen LogP contribution in [0.15, 0.2) is 0 Å². The molecule has 4 heteroatoms. The van der Waals surface area contributed by atoms with Gasteiger partial charge in [-0.2, -0.15) is 0 Å². The molecule has 1 saturated carbocycles. The average molecular weight is 310 g/mol. The summed E-state index contributed by atoms with van der Waals surface area (Å²) in [5.41, 5.74) is 0. The number of rotatable bonds is 3. The van der Waals surface area contributed by atoms with Gasteiger partial charge in [0.15, 0.2) is 0 Å². The van der Waals surface area contributed by atoms with E-state index < -0.39 is 0 Å². The summed E-state index contributed by atoms with van der Waals surface area (Å²) in [7, 11) is 0. The minimum Gasteiger partial charge on any atom is -0.461 e. The Bertz CT molecular complexity index is 291. The highest BCUT2D eigenvalue weighted by Gasteiger charge is 2.18. The van der Waals surface area contributed by atoms with Gasteiger partial charge in [-0.1, -0.05) is 44.9 Å². The fraction of sp³-hybridized carbons (Fsp3) is 0.944. The molecule has 0 radical (unpaired) electrons. The van der Waals surface area contributed by atoms with E-state index in [1.54, 1.807) is 0 Å². The van der Waals surface area contributed by atoms with E-state index in [4.69, 9.17) is 4.74 Å². The number of esters is 1. The van der Waals surface area contributed by atoms with E-state index in [0.717, 1.165) is 39.0 Å². The van der Waals surface area contributed by atoms with Crippen LogP contribution in [0.2, 0.25) is 0 Å².